The highest BCUT2D eigenvalue weighted by atomic mass is 32.1. The number of aromatic nitrogens is 2. The van der Waals surface area contributed by atoms with Crippen LogP contribution in [-0.2, 0) is 16.2 Å². The monoisotopic (exact) mass is 497 g/mol. The van der Waals surface area contributed by atoms with Gasteiger partial charge in [0.25, 0.3) is 5.78 Å². The molecule has 180 valence electrons. The summed E-state index contributed by atoms with van der Waals surface area (Å²) in [6, 6.07) is 23.2. The van der Waals surface area contributed by atoms with E-state index in [-0.39, 0.29) is 16.5 Å². The normalized spacial score (nSPS) is 16.9. The summed E-state index contributed by atoms with van der Waals surface area (Å²) >= 11 is 1.21. The molecule has 36 heavy (non-hydrogen) atoms. The summed E-state index contributed by atoms with van der Waals surface area (Å²) in [5.74, 6) is -1.20. The van der Waals surface area contributed by atoms with Gasteiger partial charge in [-0.1, -0.05) is 83.6 Å². The number of ketones is 1. The van der Waals surface area contributed by atoms with Gasteiger partial charge in [0.1, 0.15) is 23.1 Å². The zero-order valence-corrected chi connectivity index (χ0v) is 20.5. The largest absolute Gasteiger partial charge is 0.507 e. The number of aliphatic hydroxyl groups is 1. The van der Waals surface area contributed by atoms with E-state index in [1.807, 2.05) is 55.5 Å². The van der Waals surface area contributed by atoms with E-state index in [0.29, 0.717) is 28.5 Å². The lowest BCUT2D eigenvalue weighted by atomic mass is 9.95. The van der Waals surface area contributed by atoms with E-state index in [0.717, 1.165) is 11.1 Å². The lowest BCUT2D eigenvalue weighted by molar-refractivity contribution is -0.132. The van der Waals surface area contributed by atoms with Crippen molar-refractivity contribution in [3.8, 4) is 5.75 Å². The maximum Gasteiger partial charge on any atom is 0.301 e. The Kier molecular flexibility index (Phi) is 6.35. The molecule has 1 saturated heterocycles. The van der Waals surface area contributed by atoms with E-state index >= 15 is 0 Å². The molecule has 2 heterocycles. The van der Waals surface area contributed by atoms with Crippen LogP contribution in [0.5, 0.6) is 5.75 Å². The van der Waals surface area contributed by atoms with Gasteiger partial charge >= 0.3 is 5.91 Å². The highest BCUT2D eigenvalue weighted by Gasteiger charge is 2.48. The van der Waals surface area contributed by atoms with E-state index in [2.05, 4.69) is 10.2 Å². The highest BCUT2D eigenvalue weighted by Crippen LogP contribution is 2.43. The smallest absolute Gasteiger partial charge is 0.301 e. The van der Waals surface area contributed by atoms with Gasteiger partial charge in [-0.2, -0.15) is 0 Å². The van der Waals surface area contributed by atoms with Crippen LogP contribution >= 0.6 is 11.3 Å². The summed E-state index contributed by atoms with van der Waals surface area (Å²) in [6.45, 7) is 4.07. The van der Waals surface area contributed by atoms with E-state index in [4.69, 9.17) is 4.74 Å². The number of carbonyl (C=O) groups is 2. The lowest BCUT2D eigenvalue weighted by Crippen LogP contribution is -2.29. The minimum absolute atomic E-state index is 0.00286. The molecular weight excluding hydrogens is 474 g/mol. The van der Waals surface area contributed by atoms with Crippen LogP contribution in [0, 0.1) is 13.8 Å². The Bertz CT molecular complexity index is 1460. The second kappa shape index (κ2) is 9.75. The number of anilines is 1. The molecule has 1 N–H and O–H groups in total. The van der Waals surface area contributed by atoms with Crippen molar-refractivity contribution in [3.05, 3.63) is 112 Å². The van der Waals surface area contributed by atoms with Crippen LogP contribution in [0.4, 0.5) is 5.13 Å². The summed E-state index contributed by atoms with van der Waals surface area (Å²) in [5.41, 5.74) is 3.08. The fourth-order valence-corrected chi connectivity index (χ4v) is 4.83. The molecule has 1 unspecified atom stereocenters. The van der Waals surface area contributed by atoms with Gasteiger partial charge in [-0.3, -0.25) is 14.5 Å². The van der Waals surface area contributed by atoms with E-state index < -0.39 is 17.7 Å². The first-order valence-electron chi connectivity index (χ1n) is 11.4. The summed E-state index contributed by atoms with van der Waals surface area (Å²) in [4.78, 5) is 27.8. The summed E-state index contributed by atoms with van der Waals surface area (Å²) in [7, 11) is 0. The third-order valence-electron chi connectivity index (χ3n) is 5.91. The van der Waals surface area contributed by atoms with Crippen molar-refractivity contribution in [1.82, 2.24) is 10.2 Å². The van der Waals surface area contributed by atoms with Gasteiger partial charge in [-0.15, -0.1) is 10.2 Å². The van der Waals surface area contributed by atoms with Crippen LogP contribution in [0.15, 0.2) is 84.4 Å². The molecule has 1 aromatic heterocycles. The van der Waals surface area contributed by atoms with Gasteiger partial charge in [0.2, 0.25) is 5.13 Å². The lowest BCUT2D eigenvalue weighted by Gasteiger charge is -2.23. The zero-order valence-electron chi connectivity index (χ0n) is 19.7. The average Bonchev–Trinajstić information content (AvgIpc) is 3.44. The minimum atomic E-state index is -0.890. The van der Waals surface area contributed by atoms with Crippen molar-refractivity contribution in [2.45, 2.75) is 26.5 Å². The molecule has 5 rings (SSSR count). The Morgan fingerprint density at radius 2 is 1.72 bits per heavy atom. The summed E-state index contributed by atoms with van der Waals surface area (Å²) < 4.78 is 5.99. The van der Waals surface area contributed by atoms with Crippen LogP contribution in [0.2, 0.25) is 0 Å². The van der Waals surface area contributed by atoms with Crippen molar-refractivity contribution in [2.24, 2.45) is 0 Å². The van der Waals surface area contributed by atoms with E-state index in [1.54, 1.807) is 37.3 Å². The molecule has 0 bridgehead atoms. The SMILES string of the molecule is Cc1ccc(/C(O)=C2\C(=O)C(=O)N(c3nnc(C)s3)C2c2cccc(OCc3ccccc3)c2)cc1. The number of aryl methyl sites for hydroxylation is 2. The summed E-state index contributed by atoms with van der Waals surface area (Å²) in [5, 5.41) is 20.3. The van der Waals surface area contributed by atoms with Crippen molar-refractivity contribution in [3.63, 3.8) is 0 Å². The first kappa shape index (κ1) is 23.4. The minimum Gasteiger partial charge on any atom is -0.507 e. The van der Waals surface area contributed by atoms with Gasteiger partial charge in [0.05, 0.1) is 11.6 Å². The molecule has 3 aromatic carbocycles. The van der Waals surface area contributed by atoms with Crippen molar-refractivity contribution in [1.29, 1.82) is 0 Å². The Labute approximate surface area is 212 Å². The van der Waals surface area contributed by atoms with Crippen molar-refractivity contribution in [2.75, 3.05) is 4.90 Å². The van der Waals surface area contributed by atoms with Gasteiger partial charge in [0, 0.05) is 5.56 Å². The quantitative estimate of drug-likeness (QED) is 0.219. The second-order valence-electron chi connectivity index (χ2n) is 8.49. The van der Waals surface area contributed by atoms with Crippen LogP contribution in [0.1, 0.15) is 33.3 Å². The standard InChI is InChI=1S/C28H23N3O4S/c1-17-11-13-20(14-12-17)25(32)23-24(31(27(34)26(23)33)28-30-29-18(2)36-28)21-9-6-10-22(15-21)35-16-19-7-4-3-5-8-19/h3-15,24,32H,16H2,1-2H3/b25-23+. The number of hydrogen-bond donors (Lipinski definition) is 1. The molecule has 0 aliphatic carbocycles. The third kappa shape index (κ3) is 4.50. The number of benzene rings is 3. The number of amides is 1. The molecule has 1 amide bonds. The van der Waals surface area contributed by atoms with E-state index in [1.165, 1.54) is 16.2 Å². The molecule has 1 aliphatic rings. The fourth-order valence-electron chi connectivity index (χ4n) is 4.11. The number of rotatable bonds is 6. The van der Waals surface area contributed by atoms with E-state index in [9.17, 15) is 14.7 Å². The van der Waals surface area contributed by atoms with Crippen LogP contribution in [0.3, 0.4) is 0 Å². The maximum atomic E-state index is 13.3. The molecule has 1 aliphatic heterocycles. The summed E-state index contributed by atoms with van der Waals surface area (Å²) in [6.07, 6.45) is 0. The molecule has 1 fully saturated rings. The molecule has 0 radical (unpaired) electrons. The number of carbonyl (C=O) groups excluding carboxylic acids is 2. The fraction of sp³-hybridized carbons (Fsp3) is 0.143. The number of nitrogens with zero attached hydrogens (tertiary/aromatic N) is 3. The molecule has 4 aromatic rings. The molecule has 8 heteroatoms. The van der Waals surface area contributed by atoms with Gasteiger partial charge in [0.15, 0.2) is 0 Å². The Balaban J connectivity index is 1.59. The number of aliphatic hydroxyl groups excluding tert-OH is 1. The maximum absolute atomic E-state index is 13.3. The highest BCUT2D eigenvalue weighted by molar-refractivity contribution is 7.15. The topological polar surface area (TPSA) is 92.6 Å². The molecule has 7 nitrogen and oxygen atoms in total. The predicted molar refractivity (Wildman–Crippen MR) is 138 cm³/mol. The predicted octanol–water partition coefficient (Wildman–Crippen LogP) is 5.36. The molecule has 0 spiro atoms. The van der Waals surface area contributed by atoms with Crippen molar-refractivity contribution < 1.29 is 19.4 Å². The van der Waals surface area contributed by atoms with Gasteiger partial charge < -0.3 is 9.84 Å². The van der Waals surface area contributed by atoms with Gasteiger partial charge in [-0.05, 0) is 37.1 Å². The Hall–Kier alpha value is -4.30. The number of hydrogen-bond acceptors (Lipinski definition) is 7. The Morgan fingerprint density at radius 3 is 2.42 bits per heavy atom. The first-order chi connectivity index (χ1) is 17.4. The van der Waals surface area contributed by atoms with Crippen LogP contribution in [0.25, 0.3) is 5.76 Å². The molecule has 0 saturated carbocycles. The second-order valence-corrected chi connectivity index (χ2v) is 9.65. The van der Waals surface area contributed by atoms with Gasteiger partial charge in [-0.25, -0.2) is 0 Å². The molecular formula is C28H23N3O4S. The number of Topliss-reactive ketones (excluding diaryl/α,β-unsaturated/α-hetero) is 1. The van der Waals surface area contributed by atoms with Crippen molar-refractivity contribution >= 4 is 33.9 Å². The van der Waals surface area contributed by atoms with Crippen LogP contribution < -0.4 is 9.64 Å². The molecule has 1 atom stereocenters. The van der Waals surface area contributed by atoms with Crippen LogP contribution in [-0.4, -0.2) is 27.0 Å². The Morgan fingerprint density at radius 1 is 0.972 bits per heavy atom. The number of ether oxygens (including phenoxy) is 1. The third-order valence-corrected chi connectivity index (χ3v) is 6.75. The first-order valence-corrected chi connectivity index (χ1v) is 12.2. The average molecular weight is 498 g/mol. The zero-order chi connectivity index (χ0) is 25.2.